The number of benzene rings is 2. The van der Waals surface area contributed by atoms with Crippen molar-refractivity contribution in [1.82, 2.24) is 44.9 Å². The lowest BCUT2D eigenvalue weighted by atomic mass is 10.0. The Balaban J connectivity index is 1.03. The van der Waals surface area contributed by atoms with Crippen LogP contribution in [0.3, 0.4) is 0 Å². The molecule has 0 bridgehead atoms. The quantitative estimate of drug-likeness (QED) is 0.119. The Morgan fingerprint density at radius 1 is 0.770 bits per heavy atom. The molecule has 2 fully saturated rings. The van der Waals surface area contributed by atoms with Crippen molar-refractivity contribution in [3.63, 3.8) is 0 Å². The van der Waals surface area contributed by atoms with E-state index in [4.69, 9.17) is 14.2 Å². The predicted octanol–water partition coefficient (Wildman–Crippen LogP) is 6.71. The molecule has 3 aliphatic heterocycles. The van der Waals surface area contributed by atoms with Crippen LogP contribution in [0.2, 0.25) is 0 Å². The molecule has 0 spiro atoms. The number of aromatic amines is 2. The molecule has 0 radical (unpaired) electrons. The summed E-state index contributed by atoms with van der Waals surface area (Å²) in [6.45, 7) is 9.34. The number of rotatable bonds is 10. The SMILES string of the molecule is COC(=O)NC(C(=O)N1CCCC1c1ncc(-c2ccc3c(c2)c(F)c2n3CCOc3cc(-c4cnc([C@H]5CCCN5C(=O)[C@@H](NC(=O)OC)C(C)C)[nH]4)ccc3-2)[nH]1)C(C)C. The predicted molar refractivity (Wildman–Crippen MR) is 224 cm³/mol. The Kier molecular flexibility index (Phi) is 11.5. The van der Waals surface area contributed by atoms with E-state index in [1.54, 1.807) is 22.2 Å². The first-order valence-electron chi connectivity index (χ1n) is 20.9. The maximum Gasteiger partial charge on any atom is 0.407 e. The van der Waals surface area contributed by atoms with Crippen molar-refractivity contribution in [2.75, 3.05) is 33.9 Å². The summed E-state index contributed by atoms with van der Waals surface area (Å²) in [6, 6.07) is 9.25. The second-order valence-corrected chi connectivity index (χ2v) is 16.6. The third-order valence-corrected chi connectivity index (χ3v) is 12.1. The fraction of sp³-hybridized carbons (Fsp3) is 0.455. The van der Waals surface area contributed by atoms with Gasteiger partial charge in [-0.25, -0.2) is 23.9 Å². The summed E-state index contributed by atoms with van der Waals surface area (Å²) in [7, 11) is 2.54. The fourth-order valence-electron chi connectivity index (χ4n) is 8.92. The molecule has 2 aromatic carbocycles. The van der Waals surface area contributed by atoms with Crippen LogP contribution in [0.4, 0.5) is 14.0 Å². The number of alkyl carbamates (subject to hydrolysis) is 2. The van der Waals surface area contributed by atoms with Crippen LogP contribution < -0.4 is 15.4 Å². The number of methoxy groups -OCH3 is 2. The summed E-state index contributed by atoms with van der Waals surface area (Å²) in [4.78, 5) is 71.1. The first-order chi connectivity index (χ1) is 29.4. The standard InChI is InChI=1S/C44H52FN9O7/c1-23(2)36(50-43(57)59-5)41(55)53-15-7-9-32(53)39-46-21-29(48-39)25-12-14-31-28(19-25)35(45)38-27-13-11-26(20-34(27)61-18-17-52(31)38)30-22-47-40(49-30)33-10-8-16-54(33)42(56)37(24(3)4)51-44(58)60-6/h11-14,19-24,32-33,36-37H,7-10,15-18H2,1-6H3,(H,46,48)(H,47,49)(H,50,57)(H,51,58)/t32?,33-,36?,37+/m1/s1. The van der Waals surface area contributed by atoms with Crippen molar-refractivity contribution >= 4 is 34.9 Å². The lowest BCUT2D eigenvalue weighted by Crippen LogP contribution is -2.51. The van der Waals surface area contributed by atoms with Gasteiger partial charge in [0.15, 0.2) is 5.82 Å². The molecule has 4 N–H and O–H groups in total. The van der Waals surface area contributed by atoms with E-state index in [0.717, 1.165) is 41.6 Å². The van der Waals surface area contributed by atoms with E-state index < -0.39 is 24.3 Å². The number of H-pyrrole nitrogens is 2. The highest BCUT2D eigenvalue weighted by atomic mass is 19.1. The summed E-state index contributed by atoms with van der Waals surface area (Å²) in [5.74, 6) is 0.769. The molecule has 0 aliphatic carbocycles. The molecule has 0 saturated carbocycles. The zero-order chi connectivity index (χ0) is 43.1. The summed E-state index contributed by atoms with van der Waals surface area (Å²) in [5, 5.41) is 5.82. The van der Waals surface area contributed by atoms with Crippen LogP contribution in [-0.2, 0) is 25.6 Å². The van der Waals surface area contributed by atoms with Gasteiger partial charge < -0.3 is 49.2 Å². The highest BCUT2D eigenvalue weighted by molar-refractivity contribution is 5.93. The number of nitrogens with one attached hydrogen (secondary N) is 4. The van der Waals surface area contributed by atoms with Crippen LogP contribution in [0.1, 0.15) is 77.1 Å². The number of imidazole rings is 2. The van der Waals surface area contributed by atoms with Crippen molar-refractivity contribution in [3.05, 3.63) is 66.3 Å². The van der Waals surface area contributed by atoms with Crippen LogP contribution in [0.5, 0.6) is 5.75 Å². The Morgan fingerprint density at radius 2 is 1.30 bits per heavy atom. The smallest absolute Gasteiger partial charge is 0.407 e. The molecule has 6 heterocycles. The summed E-state index contributed by atoms with van der Waals surface area (Å²) in [6.07, 6.45) is 5.15. The molecule has 8 rings (SSSR count). The Morgan fingerprint density at radius 3 is 1.82 bits per heavy atom. The van der Waals surface area contributed by atoms with Crippen molar-refractivity contribution in [3.8, 4) is 39.5 Å². The Labute approximate surface area is 352 Å². The van der Waals surface area contributed by atoms with Crippen LogP contribution in [-0.4, -0.2) is 104 Å². The van der Waals surface area contributed by atoms with E-state index in [-0.39, 0.29) is 41.6 Å². The molecular formula is C44H52FN9O7. The van der Waals surface area contributed by atoms with Gasteiger partial charge in [-0.15, -0.1) is 0 Å². The lowest BCUT2D eigenvalue weighted by Gasteiger charge is -2.30. The molecule has 5 aromatic rings. The van der Waals surface area contributed by atoms with Gasteiger partial charge in [0.1, 0.15) is 36.1 Å². The van der Waals surface area contributed by atoms with Gasteiger partial charge in [-0.1, -0.05) is 39.8 Å². The number of likely N-dealkylation sites (tertiary alicyclic amines) is 2. The monoisotopic (exact) mass is 837 g/mol. The van der Waals surface area contributed by atoms with Crippen molar-refractivity contribution in [2.24, 2.45) is 11.8 Å². The van der Waals surface area contributed by atoms with Gasteiger partial charge in [-0.3, -0.25) is 9.59 Å². The van der Waals surface area contributed by atoms with E-state index >= 15 is 4.39 Å². The topological polar surface area (TPSA) is 189 Å². The molecule has 16 nitrogen and oxygen atoms in total. The minimum atomic E-state index is -0.743. The van der Waals surface area contributed by atoms with Crippen LogP contribution in [0.15, 0.2) is 48.8 Å². The number of hydrogen-bond acceptors (Lipinski definition) is 9. The van der Waals surface area contributed by atoms with E-state index in [2.05, 4.69) is 30.6 Å². The van der Waals surface area contributed by atoms with Crippen LogP contribution in [0.25, 0.3) is 44.7 Å². The number of carbonyl (C=O) groups is 4. The van der Waals surface area contributed by atoms with E-state index in [1.807, 2.05) is 68.7 Å². The molecule has 2 saturated heterocycles. The van der Waals surface area contributed by atoms with Crippen molar-refractivity contribution in [1.29, 1.82) is 0 Å². The molecule has 17 heteroatoms. The van der Waals surface area contributed by atoms with Gasteiger partial charge in [-0.2, -0.15) is 0 Å². The number of nitrogens with zero attached hydrogens (tertiary/aromatic N) is 5. The van der Waals surface area contributed by atoms with Gasteiger partial charge in [0.2, 0.25) is 11.8 Å². The second-order valence-electron chi connectivity index (χ2n) is 16.6. The minimum absolute atomic E-state index is 0.147. The van der Waals surface area contributed by atoms with E-state index in [1.165, 1.54) is 14.2 Å². The third kappa shape index (κ3) is 7.76. The number of ether oxygens (including phenoxy) is 3. The van der Waals surface area contributed by atoms with Gasteiger partial charge in [-0.05, 0) is 61.8 Å². The Bertz CT molecular complexity index is 2470. The third-order valence-electron chi connectivity index (χ3n) is 12.1. The lowest BCUT2D eigenvalue weighted by molar-refractivity contribution is -0.136. The molecular weight excluding hydrogens is 786 g/mol. The number of fused-ring (bicyclic) bond motifs is 5. The maximum atomic E-state index is 16.7. The average molecular weight is 838 g/mol. The molecule has 2 unspecified atom stereocenters. The molecule has 3 aromatic heterocycles. The first kappa shape index (κ1) is 41.3. The number of amides is 4. The number of aromatic nitrogens is 5. The van der Waals surface area contributed by atoms with Crippen LogP contribution in [0, 0.1) is 17.7 Å². The summed E-state index contributed by atoms with van der Waals surface area (Å²) in [5.41, 5.74) is 4.76. The van der Waals surface area contributed by atoms with Gasteiger partial charge in [0.25, 0.3) is 0 Å². The average Bonchev–Trinajstić information content (AvgIpc) is 4.11. The fourth-order valence-corrected chi connectivity index (χ4v) is 8.92. The summed E-state index contributed by atoms with van der Waals surface area (Å²) < 4.78 is 34.5. The van der Waals surface area contributed by atoms with Gasteiger partial charge in [0.05, 0.1) is 67.8 Å². The zero-order valence-corrected chi connectivity index (χ0v) is 35.2. The number of hydrogen-bond donors (Lipinski definition) is 4. The van der Waals surface area contributed by atoms with Gasteiger partial charge in [0, 0.05) is 35.2 Å². The van der Waals surface area contributed by atoms with E-state index in [9.17, 15) is 19.2 Å². The van der Waals surface area contributed by atoms with Gasteiger partial charge >= 0.3 is 12.2 Å². The first-order valence-corrected chi connectivity index (χ1v) is 20.9. The second kappa shape index (κ2) is 16.9. The molecule has 4 amide bonds. The highest BCUT2D eigenvalue weighted by Gasteiger charge is 2.39. The normalized spacial score (nSPS) is 18.4. The largest absolute Gasteiger partial charge is 0.491 e. The summed E-state index contributed by atoms with van der Waals surface area (Å²) >= 11 is 0. The van der Waals surface area contributed by atoms with Crippen molar-refractivity contribution in [2.45, 2.75) is 84.1 Å². The Hall–Kier alpha value is -6.39. The number of carbonyl (C=O) groups excluding carboxylic acids is 4. The molecule has 4 atom stereocenters. The van der Waals surface area contributed by atoms with Crippen LogP contribution >= 0.6 is 0 Å². The minimum Gasteiger partial charge on any atom is -0.491 e. The van der Waals surface area contributed by atoms with Crippen molar-refractivity contribution < 1.29 is 37.8 Å². The molecule has 322 valence electrons. The molecule has 61 heavy (non-hydrogen) atoms. The molecule has 3 aliphatic rings. The van der Waals surface area contributed by atoms with E-state index in [0.29, 0.717) is 72.4 Å². The zero-order valence-electron chi connectivity index (χ0n) is 35.2. The highest BCUT2D eigenvalue weighted by Crippen LogP contribution is 2.42. The maximum absolute atomic E-state index is 16.7. The number of halogens is 1.